The summed E-state index contributed by atoms with van der Waals surface area (Å²) in [7, 11) is 0. The Hall–Kier alpha value is -6.58. The number of halogens is 1. The van der Waals surface area contributed by atoms with Crippen molar-refractivity contribution in [2.24, 2.45) is 0 Å². The van der Waals surface area contributed by atoms with Crippen LogP contribution in [0.5, 0.6) is 0 Å². The van der Waals surface area contributed by atoms with E-state index in [0.717, 1.165) is 55.7 Å². The summed E-state index contributed by atoms with van der Waals surface area (Å²) in [5.41, 5.74) is 11.5. The third kappa shape index (κ3) is 6.61. The maximum atomic E-state index is 17.0. The van der Waals surface area contributed by atoms with Crippen molar-refractivity contribution < 1.29 is 4.39 Å². The zero-order valence-electron chi connectivity index (χ0n) is 34.0. The van der Waals surface area contributed by atoms with Crippen molar-refractivity contribution in [3.8, 4) is 33.4 Å². The van der Waals surface area contributed by atoms with E-state index in [9.17, 15) is 0 Å². The molecular weight excluding hydrogens is 708 g/mol. The number of aromatic nitrogens is 1. The molecule has 0 unspecified atom stereocenters. The quantitative estimate of drug-likeness (QED) is 0.124. The first-order valence-electron chi connectivity index (χ1n) is 20.2. The van der Waals surface area contributed by atoms with Gasteiger partial charge >= 0.3 is 0 Å². The van der Waals surface area contributed by atoms with Gasteiger partial charge in [-0.25, -0.2) is 4.39 Å². The molecule has 8 aromatic carbocycles. The molecule has 0 atom stereocenters. The Bertz CT molecular complexity index is 2940. The van der Waals surface area contributed by atoms with Crippen molar-refractivity contribution in [2.75, 3.05) is 4.90 Å². The van der Waals surface area contributed by atoms with Gasteiger partial charge in [0, 0.05) is 33.9 Å². The van der Waals surface area contributed by atoms with E-state index in [1.165, 1.54) is 32.7 Å². The van der Waals surface area contributed by atoms with Crippen molar-refractivity contribution in [1.29, 1.82) is 0 Å². The van der Waals surface area contributed by atoms with Crippen LogP contribution in [0.3, 0.4) is 0 Å². The highest BCUT2D eigenvalue weighted by Gasteiger charge is 2.29. The van der Waals surface area contributed by atoms with Gasteiger partial charge < -0.3 is 4.90 Å². The largest absolute Gasteiger partial charge is 0.307 e. The van der Waals surface area contributed by atoms with Gasteiger partial charge in [0.2, 0.25) is 0 Å². The maximum Gasteiger partial charge on any atom is 0.148 e. The van der Waals surface area contributed by atoms with Gasteiger partial charge in [0.05, 0.1) is 11.2 Å². The highest BCUT2D eigenvalue weighted by atomic mass is 19.1. The number of anilines is 3. The average molecular weight is 755 g/mol. The molecule has 0 bridgehead atoms. The zero-order valence-corrected chi connectivity index (χ0v) is 34.0. The highest BCUT2D eigenvalue weighted by molar-refractivity contribution is 6.17. The minimum absolute atomic E-state index is 0.129. The van der Waals surface area contributed by atoms with Crippen LogP contribution in [0.25, 0.3) is 65.8 Å². The van der Waals surface area contributed by atoms with Crippen LogP contribution in [-0.2, 0) is 10.8 Å². The molecular formula is C55H47FN2. The van der Waals surface area contributed by atoms with Crippen LogP contribution in [0.2, 0.25) is 0 Å². The van der Waals surface area contributed by atoms with E-state index < -0.39 is 0 Å². The Balaban J connectivity index is 1.23. The SMILES string of the molecule is CC(C)(C)c1c2cc(-c3ccc(N(c4ccccc4)c4c(F)cc(-c5ccccc5)cc4-c4ccccc4)cc3)ccc2c(C(C)(C)C)c2c1ccc1cccnc12. The molecule has 0 aliphatic rings. The lowest BCUT2D eigenvalue weighted by Gasteiger charge is -2.31. The molecule has 0 fully saturated rings. The molecule has 0 radical (unpaired) electrons. The summed E-state index contributed by atoms with van der Waals surface area (Å²) in [5, 5.41) is 6.20. The molecule has 0 saturated carbocycles. The molecule has 0 amide bonds. The van der Waals surface area contributed by atoms with Crippen LogP contribution in [0.1, 0.15) is 52.7 Å². The number of rotatable bonds is 6. The van der Waals surface area contributed by atoms with Crippen LogP contribution >= 0.6 is 0 Å². The molecule has 0 spiro atoms. The number of benzene rings is 8. The number of para-hydroxylation sites is 1. The van der Waals surface area contributed by atoms with Crippen molar-refractivity contribution in [2.45, 2.75) is 52.4 Å². The van der Waals surface area contributed by atoms with Gasteiger partial charge in [0.15, 0.2) is 0 Å². The fraction of sp³-hybridized carbons (Fsp3) is 0.145. The third-order valence-electron chi connectivity index (χ3n) is 11.3. The zero-order chi connectivity index (χ0) is 40.2. The van der Waals surface area contributed by atoms with Crippen LogP contribution in [-0.4, -0.2) is 4.98 Å². The molecule has 0 aliphatic carbocycles. The van der Waals surface area contributed by atoms with E-state index in [1.54, 1.807) is 6.07 Å². The summed E-state index contributed by atoms with van der Waals surface area (Å²) in [5.74, 6) is -0.290. The molecule has 2 nitrogen and oxygen atoms in total. The molecule has 0 saturated heterocycles. The maximum absolute atomic E-state index is 17.0. The predicted octanol–water partition coefficient (Wildman–Crippen LogP) is 15.7. The summed E-state index contributed by atoms with van der Waals surface area (Å²) >= 11 is 0. The molecule has 9 rings (SSSR count). The smallest absolute Gasteiger partial charge is 0.148 e. The number of hydrogen-bond donors (Lipinski definition) is 0. The predicted molar refractivity (Wildman–Crippen MR) is 245 cm³/mol. The van der Waals surface area contributed by atoms with Gasteiger partial charge in [0.1, 0.15) is 5.82 Å². The second kappa shape index (κ2) is 14.4. The van der Waals surface area contributed by atoms with Crippen LogP contribution in [0.4, 0.5) is 21.5 Å². The van der Waals surface area contributed by atoms with Gasteiger partial charge in [-0.15, -0.1) is 0 Å². The number of fused-ring (bicyclic) bond motifs is 4. The first-order valence-corrected chi connectivity index (χ1v) is 20.2. The van der Waals surface area contributed by atoms with Gasteiger partial charge in [0.25, 0.3) is 0 Å². The third-order valence-corrected chi connectivity index (χ3v) is 11.3. The van der Waals surface area contributed by atoms with Crippen LogP contribution in [0.15, 0.2) is 176 Å². The molecule has 284 valence electrons. The Morgan fingerprint density at radius 2 is 1.02 bits per heavy atom. The van der Waals surface area contributed by atoms with Gasteiger partial charge in [-0.3, -0.25) is 4.98 Å². The normalized spacial score (nSPS) is 12.1. The summed E-state index contributed by atoms with van der Waals surface area (Å²) in [6.07, 6.45) is 1.91. The van der Waals surface area contributed by atoms with E-state index in [0.29, 0.717) is 5.69 Å². The van der Waals surface area contributed by atoms with Crippen molar-refractivity contribution in [3.05, 3.63) is 193 Å². The molecule has 1 aromatic heterocycles. The fourth-order valence-corrected chi connectivity index (χ4v) is 8.87. The number of pyridine rings is 1. The second-order valence-corrected chi connectivity index (χ2v) is 17.4. The van der Waals surface area contributed by atoms with E-state index in [-0.39, 0.29) is 16.6 Å². The average Bonchev–Trinajstić information content (AvgIpc) is 3.23. The van der Waals surface area contributed by atoms with Crippen molar-refractivity contribution in [3.63, 3.8) is 0 Å². The number of nitrogens with zero attached hydrogens (tertiary/aromatic N) is 2. The monoisotopic (exact) mass is 754 g/mol. The summed E-state index contributed by atoms with van der Waals surface area (Å²) < 4.78 is 17.0. The van der Waals surface area contributed by atoms with Gasteiger partial charge in [-0.1, -0.05) is 163 Å². The first-order chi connectivity index (χ1) is 28.0. The van der Waals surface area contributed by atoms with E-state index >= 15 is 4.39 Å². The molecule has 9 aromatic rings. The standard InChI is InChI=1S/C55H47FN2/c1-54(2,3)50-45-31-26-39-21-16-32-57-52(39)49(45)51(55(4,5)6)44-30-27-40(33-47(44)50)37-24-28-43(29-25-37)58(42-22-14-9-15-23-42)53-46(38-19-12-8-13-20-38)34-41(35-48(53)56)36-17-10-7-11-18-36/h7-35H,1-6H3. The summed E-state index contributed by atoms with van der Waals surface area (Å²) in [6, 6.07) is 58.3. The minimum atomic E-state index is -0.290. The topological polar surface area (TPSA) is 16.1 Å². The summed E-state index contributed by atoms with van der Waals surface area (Å²) in [6.45, 7) is 13.9. The molecule has 0 N–H and O–H groups in total. The minimum Gasteiger partial charge on any atom is -0.307 e. The Morgan fingerprint density at radius 3 is 1.67 bits per heavy atom. The van der Waals surface area contributed by atoms with E-state index in [4.69, 9.17) is 4.98 Å². The number of hydrogen-bond acceptors (Lipinski definition) is 2. The molecule has 3 heteroatoms. The summed E-state index contributed by atoms with van der Waals surface area (Å²) in [4.78, 5) is 7.01. The lowest BCUT2D eigenvalue weighted by atomic mass is 9.73. The molecule has 58 heavy (non-hydrogen) atoms. The Kier molecular flexibility index (Phi) is 9.20. The lowest BCUT2D eigenvalue weighted by Crippen LogP contribution is -2.18. The van der Waals surface area contributed by atoms with Gasteiger partial charge in [-0.2, -0.15) is 0 Å². The van der Waals surface area contributed by atoms with E-state index in [2.05, 4.69) is 125 Å². The van der Waals surface area contributed by atoms with Crippen LogP contribution in [0, 0.1) is 5.82 Å². The highest BCUT2D eigenvalue weighted by Crippen LogP contribution is 2.48. The lowest BCUT2D eigenvalue weighted by molar-refractivity contribution is 0.593. The van der Waals surface area contributed by atoms with Gasteiger partial charge in [-0.05, 0) is 114 Å². The van der Waals surface area contributed by atoms with Crippen LogP contribution < -0.4 is 4.90 Å². The first kappa shape index (κ1) is 37.0. The Morgan fingerprint density at radius 1 is 0.448 bits per heavy atom. The fourth-order valence-electron chi connectivity index (χ4n) is 8.87. The van der Waals surface area contributed by atoms with Crippen molar-refractivity contribution in [1.82, 2.24) is 4.98 Å². The molecule has 1 heterocycles. The van der Waals surface area contributed by atoms with E-state index in [1.807, 2.05) is 91.1 Å². The van der Waals surface area contributed by atoms with Crippen molar-refractivity contribution >= 4 is 49.5 Å². The molecule has 0 aliphatic heterocycles. The second-order valence-electron chi connectivity index (χ2n) is 17.4. The Labute approximate surface area is 341 Å².